The first-order chi connectivity index (χ1) is 16.4. The van der Waals surface area contributed by atoms with E-state index in [4.69, 9.17) is 30.2 Å². The number of furan rings is 1. The van der Waals surface area contributed by atoms with Crippen LogP contribution in [0.3, 0.4) is 0 Å². The number of rotatable bonds is 3. The number of cyclic esters (lactones) is 1. The minimum Gasteiger partial charge on any atom is -0.472 e. The van der Waals surface area contributed by atoms with E-state index in [0.717, 1.165) is 11.1 Å². The SMILES string of the molecule is COC(=O)C[C@H]1C(C)(C)C2(Cl)O[C@@]34CC2C(=O)[C@]1(C)C3CC[C@]1(C)C4=CC(=O)O[C@H]1c1ccoc1. The molecule has 1 aromatic heterocycles. The number of halogens is 1. The molecular formula is C27H31ClO7. The van der Waals surface area contributed by atoms with Crippen molar-refractivity contribution < 1.29 is 33.0 Å². The third-order valence-corrected chi connectivity index (χ3v) is 11.3. The summed E-state index contributed by atoms with van der Waals surface area (Å²) in [5.41, 5.74) is -1.36. The maximum absolute atomic E-state index is 14.1. The van der Waals surface area contributed by atoms with Gasteiger partial charge in [-0.25, -0.2) is 4.79 Å². The molecule has 4 fully saturated rings. The monoisotopic (exact) mass is 502 g/mol. The summed E-state index contributed by atoms with van der Waals surface area (Å²) >= 11 is 7.37. The molecule has 3 bridgehead atoms. The third kappa shape index (κ3) is 2.49. The molecule has 8 atom stereocenters. The van der Waals surface area contributed by atoms with Crippen LogP contribution in [-0.2, 0) is 28.6 Å². The Hall–Kier alpha value is -2.12. The Kier molecular flexibility index (Phi) is 4.52. The Balaban J connectivity index is 1.56. The summed E-state index contributed by atoms with van der Waals surface area (Å²) in [5.74, 6) is -1.88. The van der Waals surface area contributed by atoms with Gasteiger partial charge in [0.15, 0.2) is 5.06 Å². The molecule has 7 nitrogen and oxygen atoms in total. The number of ketones is 1. The van der Waals surface area contributed by atoms with Crippen molar-refractivity contribution in [2.45, 2.75) is 70.1 Å². The summed E-state index contributed by atoms with van der Waals surface area (Å²) in [5, 5.41) is -1.30. The highest BCUT2D eigenvalue weighted by molar-refractivity contribution is 6.26. The largest absolute Gasteiger partial charge is 0.472 e. The molecule has 3 aliphatic carbocycles. The molecule has 0 aromatic carbocycles. The number of hydrogen-bond donors (Lipinski definition) is 0. The third-order valence-electron chi connectivity index (χ3n) is 10.4. The fourth-order valence-corrected chi connectivity index (χ4v) is 9.23. The molecular weight excluding hydrogens is 472 g/mol. The molecule has 3 saturated carbocycles. The topological polar surface area (TPSA) is 92.0 Å². The van der Waals surface area contributed by atoms with Crippen LogP contribution in [0.5, 0.6) is 0 Å². The van der Waals surface area contributed by atoms with Crippen molar-refractivity contribution in [1.29, 1.82) is 0 Å². The second kappa shape index (κ2) is 6.80. The van der Waals surface area contributed by atoms with E-state index >= 15 is 0 Å². The van der Waals surface area contributed by atoms with Gasteiger partial charge >= 0.3 is 11.9 Å². The molecule has 3 unspecified atom stereocenters. The van der Waals surface area contributed by atoms with E-state index in [0.29, 0.717) is 19.3 Å². The highest BCUT2D eigenvalue weighted by atomic mass is 35.5. The fourth-order valence-electron chi connectivity index (χ4n) is 8.78. The van der Waals surface area contributed by atoms with Crippen LogP contribution in [-0.4, -0.2) is 35.5 Å². The van der Waals surface area contributed by atoms with E-state index in [2.05, 4.69) is 6.92 Å². The number of carbonyl (C=O) groups is 3. The van der Waals surface area contributed by atoms with Crippen LogP contribution in [0.4, 0.5) is 0 Å². The average Bonchev–Trinajstić information content (AvgIpc) is 3.42. The van der Waals surface area contributed by atoms with Gasteiger partial charge in [0.2, 0.25) is 0 Å². The van der Waals surface area contributed by atoms with Crippen LogP contribution in [0, 0.1) is 34.0 Å². The van der Waals surface area contributed by atoms with Gasteiger partial charge in [0, 0.05) is 40.2 Å². The van der Waals surface area contributed by atoms with Crippen LogP contribution in [0.25, 0.3) is 0 Å². The van der Waals surface area contributed by atoms with Crippen molar-refractivity contribution in [3.63, 3.8) is 0 Å². The van der Waals surface area contributed by atoms with Gasteiger partial charge in [0.05, 0.1) is 31.2 Å². The lowest BCUT2D eigenvalue weighted by molar-refractivity contribution is -0.173. The van der Waals surface area contributed by atoms with E-state index in [-0.39, 0.29) is 30.0 Å². The van der Waals surface area contributed by atoms with E-state index in [1.807, 2.05) is 26.8 Å². The molecule has 188 valence electrons. The molecule has 2 aliphatic heterocycles. The molecule has 1 saturated heterocycles. The summed E-state index contributed by atoms with van der Waals surface area (Å²) in [4.78, 5) is 39.6. The average molecular weight is 503 g/mol. The molecule has 3 heterocycles. The first kappa shape index (κ1) is 23.3. The second-order valence-electron chi connectivity index (χ2n) is 12.0. The number of carbonyl (C=O) groups excluding carboxylic acids is 3. The molecule has 1 aromatic rings. The Morgan fingerprint density at radius 1 is 1.23 bits per heavy atom. The van der Waals surface area contributed by atoms with E-state index in [1.54, 1.807) is 18.6 Å². The maximum atomic E-state index is 14.1. The molecule has 5 aliphatic rings. The van der Waals surface area contributed by atoms with Crippen LogP contribution < -0.4 is 0 Å². The normalized spacial score (nSPS) is 47.0. The first-order valence-corrected chi connectivity index (χ1v) is 12.7. The van der Waals surface area contributed by atoms with Crippen LogP contribution >= 0.6 is 11.6 Å². The molecule has 6 rings (SSSR count). The molecule has 0 amide bonds. The van der Waals surface area contributed by atoms with Crippen molar-refractivity contribution >= 4 is 29.3 Å². The van der Waals surface area contributed by atoms with Crippen LogP contribution in [0.1, 0.15) is 65.0 Å². The Bertz CT molecular complexity index is 1170. The Labute approximate surface area is 209 Å². The van der Waals surface area contributed by atoms with E-state index in [1.165, 1.54) is 7.11 Å². The standard InChI is InChI=1S/C27H31ClO7/c1-23(2)17(10-19(29)32-5)25(4)16-6-8-24(3)18(11-20(30)34-22(24)14-7-9-33-13-14)26(16)12-15(21(25)31)27(23,28)35-26/h7,9,11,13,15-17,22H,6,8,10,12H2,1-5H3/t15?,16?,17-,22-,24+,25+,26-,27?/m0/s1. The number of fused-ring (bicyclic) bond motifs is 3. The Morgan fingerprint density at radius 3 is 2.63 bits per heavy atom. The zero-order valence-corrected chi connectivity index (χ0v) is 21.4. The van der Waals surface area contributed by atoms with Crippen molar-refractivity contribution in [2.24, 2.45) is 34.0 Å². The number of ether oxygens (including phenoxy) is 3. The number of esters is 2. The van der Waals surface area contributed by atoms with Crippen molar-refractivity contribution in [1.82, 2.24) is 0 Å². The number of hydrogen-bond acceptors (Lipinski definition) is 7. The van der Waals surface area contributed by atoms with Gasteiger partial charge in [0.25, 0.3) is 0 Å². The van der Waals surface area contributed by atoms with Crippen LogP contribution in [0.15, 0.2) is 34.7 Å². The van der Waals surface area contributed by atoms with Gasteiger partial charge in [0.1, 0.15) is 11.9 Å². The molecule has 8 heteroatoms. The van der Waals surface area contributed by atoms with Crippen LogP contribution in [0.2, 0.25) is 0 Å². The molecule has 1 spiro atoms. The summed E-state index contributed by atoms with van der Waals surface area (Å²) in [6.45, 7) is 8.08. The van der Waals surface area contributed by atoms with Gasteiger partial charge < -0.3 is 18.6 Å². The molecule has 0 N–H and O–H groups in total. The fraction of sp³-hybridized carbons (Fsp3) is 0.667. The Morgan fingerprint density at radius 2 is 1.97 bits per heavy atom. The predicted molar refractivity (Wildman–Crippen MR) is 124 cm³/mol. The number of alkyl halides is 1. The quantitative estimate of drug-likeness (QED) is 0.435. The summed E-state index contributed by atoms with van der Waals surface area (Å²) < 4.78 is 23.2. The van der Waals surface area contributed by atoms with Gasteiger partial charge in [-0.05, 0) is 36.8 Å². The lowest BCUT2D eigenvalue weighted by Crippen LogP contribution is -2.68. The van der Waals surface area contributed by atoms with Crippen molar-refractivity contribution in [2.75, 3.05) is 7.11 Å². The molecule has 35 heavy (non-hydrogen) atoms. The first-order valence-electron chi connectivity index (χ1n) is 12.3. The van der Waals surface area contributed by atoms with Crippen molar-refractivity contribution in [3.05, 3.63) is 35.8 Å². The zero-order chi connectivity index (χ0) is 25.2. The molecule has 0 radical (unpaired) electrons. The predicted octanol–water partition coefficient (Wildman–Crippen LogP) is 4.74. The number of methoxy groups -OCH3 is 1. The lowest BCUT2D eigenvalue weighted by atomic mass is 9.39. The van der Waals surface area contributed by atoms with E-state index < -0.39 is 44.9 Å². The van der Waals surface area contributed by atoms with Gasteiger partial charge in [-0.3, -0.25) is 9.59 Å². The lowest BCUT2D eigenvalue weighted by Gasteiger charge is -2.63. The maximum Gasteiger partial charge on any atom is 0.331 e. The highest BCUT2D eigenvalue weighted by Gasteiger charge is 2.83. The summed E-state index contributed by atoms with van der Waals surface area (Å²) in [6, 6.07) is 1.82. The summed E-state index contributed by atoms with van der Waals surface area (Å²) in [7, 11) is 1.36. The van der Waals surface area contributed by atoms with Crippen molar-refractivity contribution in [3.8, 4) is 0 Å². The van der Waals surface area contributed by atoms with Gasteiger partial charge in [-0.15, -0.1) is 0 Å². The smallest absolute Gasteiger partial charge is 0.331 e. The zero-order valence-electron chi connectivity index (χ0n) is 20.7. The van der Waals surface area contributed by atoms with Gasteiger partial charge in [-0.1, -0.05) is 39.3 Å². The minimum atomic E-state index is -1.30. The van der Waals surface area contributed by atoms with E-state index in [9.17, 15) is 14.4 Å². The second-order valence-corrected chi connectivity index (χ2v) is 12.6. The highest BCUT2D eigenvalue weighted by Crippen LogP contribution is 2.79. The number of Topliss-reactive ketones (excluding diaryl/α,β-unsaturated/α-hetero) is 1. The summed E-state index contributed by atoms with van der Waals surface area (Å²) in [6.07, 6.45) is 6.11. The van der Waals surface area contributed by atoms with Gasteiger partial charge in [-0.2, -0.15) is 0 Å². The minimum absolute atomic E-state index is 0.0628.